The fraction of sp³-hybridized carbons (Fsp3) is 0.300. The fourth-order valence-electron chi connectivity index (χ4n) is 3.80. The molecular formula is C20H21N3O6S. The standard InChI is InChI=1S/C20H21N3O6S/c1-12-9-13(2)19(14(3)10-12)30(28,29)22-17(7-8-18(22)24)20(25)21-15-5-4-6-16(11-15)23(26)27/h4-6,9-11,17H,7-8H2,1-3H3,(H,21,25). The zero-order valence-electron chi connectivity index (χ0n) is 16.7. The topological polar surface area (TPSA) is 127 Å². The summed E-state index contributed by atoms with van der Waals surface area (Å²) in [6, 6.07) is 7.48. The number of sulfonamides is 1. The number of non-ortho nitro benzene ring substituents is 1. The predicted molar refractivity (Wildman–Crippen MR) is 109 cm³/mol. The van der Waals surface area contributed by atoms with Gasteiger partial charge in [-0.05, 0) is 44.4 Å². The fourth-order valence-corrected chi connectivity index (χ4v) is 5.82. The van der Waals surface area contributed by atoms with E-state index in [0.717, 1.165) is 5.56 Å². The van der Waals surface area contributed by atoms with Gasteiger partial charge in [0.25, 0.3) is 15.7 Å². The van der Waals surface area contributed by atoms with Crippen LogP contribution in [0.25, 0.3) is 0 Å². The first kappa shape index (κ1) is 21.4. The summed E-state index contributed by atoms with van der Waals surface area (Å²) in [7, 11) is -4.26. The van der Waals surface area contributed by atoms with Crippen molar-refractivity contribution in [1.82, 2.24) is 4.31 Å². The van der Waals surface area contributed by atoms with Crippen molar-refractivity contribution < 1.29 is 22.9 Å². The molecule has 1 unspecified atom stereocenters. The van der Waals surface area contributed by atoms with E-state index in [9.17, 15) is 28.1 Å². The predicted octanol–water partition coefficient (Wildman–Crippen LogP) is 2.84. The van der Waals surface area contributed by atoms with Gasteiger partial charge in [-0.2, -0.15) is 0 Å². The molecule has 0 aromatic heterocycles. The third-order valence-corrected chi connectivity index (χ3v) is 7.05. The normalized spacial score (nSPS) is 16.6. The number of carbonyl (C=O) groups is 2. The smallest absolute Gasteiger partial charge is 0.271 e. The number of amides is 2. The molecule has 0 aliphatic carbocycles. The maximum atomic E-state index is 13.3. The molecule has 9 nitrogen and oxygen atoms in total. The van der Waals surface area contributed by atoms with Gasteiger partial charge >= 0.3 is 0 Å². The minimum absolute atomic E-state index is 0.0106. The molecule has 1 aliphatic heterocycles. The molecule has 0 bridgehead atoms. The number of nitrogens with one attached hydrogen (secondary N) is 1. The first-order valence-electron chi connectivity index (χ1n) is 9.23. The van der Waals surface area contributed by atoms with Crippen molar-refractivity contribution in [3.8, 4) is 0 Å². The average Bonchev–Trinajstić information content (AvgIpc) is 3.03. The Morgan fingerprint density at radius 2 is 1.80 bits per heavy atom. The van der Waals surface area contributed by atoms with Crippen LogP contribution < -0.4 is 5.32 Å². The van der Waals surface area contributed by atoms with Crippen LogP contribution in [0.1, 0.15) is 29.5 Å². The van der Waals surface area contributed by atoms with Crippen LogP contribution in [0.5, 0.6) is 0 Å². The number of nitrogens with zero attached hydrogens (tertiary/aromatic N) is 2. The summed E-state index contributed by atoms with van der Waals surface area (Å²) in [6.45, 7) is 5.13. The molecular weight excluding hydrogens is 410 g/mol. The summed E-state index contributed by atoms with van der Waals surface area (Å²) < 4.78 is 27.3. The molecule has 30 heavy (non-hydrogen) atoms. The van der Waals surface area contributed by atoms with Crippen LogP contribution in [0.15, 0.2) is 41.3 Å². The van der Waals surface area contributed by atoms with Crippen LogP contribution in [0, 0.1) is 30.9 Å². The molecule has 0 radical (unpaired) electrons. The molecule has 3 rings (SSSR count). The Hall–Kier alpha value is -3.27. The Bertz CT molecular complexity index is 1140. The third-order valence-electron chi connectivity index (χ3n) is 4.91. The highest BCUT2D eigenvalue weighted by Crippen LogP contribution is 2.32. The minimum atomic E-state index is -4.26. The van der Waals surface area contributed by atoms with Crippen LogP contribution in [0.3, 0.4) is 0 Å². The first-order chi connectivity index (χ1) is 14.0. The summed E-state index contributed by atoms with van der Waals surface area (Å²) in [5, 5.41) is 13.4. The number of anilines is 1. The van der Waals surface area contributed by atoms with E-state index in [4.69, 9.17) is 0 Å². The van der Waals surface area contributed by atoms with E-state index < -0.39 is 32.8 Å². The van der Waals surface area contributed by atoms with Gasteiger partial charge in [0.05, 0.1) is 9.82 Å². The second kappa shape index (κ2) is 7.86. The Labute approximate surface area is 173 Å². The number of rotatable bonds is 5. The molecule has 1 saturated heterocycles. The number of aryl methyl sites for hydroxylation is 3. The van der Waals surface area contributed by atoms with Crippen LogP contribution in [0.2, 0.25) is 0 Å². The van der Waals surface area contributed by atoms with E-state index in [-0.39, 0.29) is 29.1 Å². The number of hydrogen-bond acceptors (Lipinski definition) is 6. The van der Waals surface area contributed by atoms with Crippen molar-refractivity contribution in [1.29, 1.82) is 0 Å². The molecule has 0 saturated carbocycles. The molecule has 2 amide bonds. The van der Waals surface area contributed by atoms with Gasteiger partial charge in [-0.1, -0.05) is 23.8 Å². The van der Waals surface area contributed by atoms with Crippen LogP contribution >= 0.6 is 0 Å². The van der Waals surface area contributed by atoms with Gasteiger partial charge in [0, 0.05) is 24.2 Å². The quantitative estimate of drug-likeness (QED) is 0.573. The SMILES string of the molecule is Cc1cc(C)c(S(=O)(=O)N2C(=O)CCC2C(=O)Nc2cccc([N+](=O)[O-])c2)c(C)c1. The van der Waals surface area contributed by atoms with E-state index in [0.29, 0.717) is 15.4 Å². The molecule has 1 N–H and O–H groups in total. The molecule has 2 aromatic carbocycles. The summed E-state index contributed by atoms with van der Waals surface area (Å²) in [5.41, 5.74) is 1.80. The van der Waals surface area contributed by atoms with E-state index >= 15 is 0 Å². The van der Waals surface area contributed by atoms with Crippen molar-refractivity contribution in [2.45, 2.75) is 44.6 Å². The van der Waals surface area contributed by atoms with Crippen LogP contribution in [0.4, 0.5) is 11.4 Å². The van der Waals surface area contributed by atoms with E-state index in [1.807, 2.05) is 6.92 Å². The summed E-state index contributed by atoms with van der Waals surface area (Å²) in [6.07, 6.45) is -0.0566. The third kappa shape index (κ3) is 3.90. The zero-order chi connectivity index (χ0) is 22.2. The Balaban J connectivity index is 1.95. The van der Waals surface area contributed by atoms with Gasteiger partial charge in [0.2, 0.25) is 11.8 Å². The lowest BCUT2D eigenvalue weighted by Crippen LogP contribution is -2.45. The van der Waals surface area contributed by atoms with Crippen LogP contribution in [-0.4, -0.2) is 35.5 Å². The van der Waals surface area contributed by atoms with Gasteiger partial charge in [0.1, 0.15) is 6.04 Å². The highest BCUT2D eigenvalue weighted by molar-refractivity contribution is 7.89. The molecule has 1 heterocycles. The van der Waals surface area contributed by atoms with Crippen molar-refractivity contribution in [3.63, 3.8) is 0 Å². The number of benzene rings is 2. The van der Waals surface area contributed by atoms with Gasteiger partial charge in [-0.3, -0.25) is 19.7 Å². The Kier molecular flexibility index (Phi) is 5.62. The van der Waals surface area contributed by atoms with E-state index in [1.54, 1.807) is 26.0 Å². The monoisotopic (exact) mass is 431 g/mol. The Morgan fingerprint density at radius 3 is 2.40 bits per heavy atom. The summed E-state index contributed by atoms with van der Waals surface area (Å²) in [4.78, 5) is 35.6. The maximum Gasteiger partial charge on any atom is 0.271 e. The van der Waals surface area contributed by atoms with Crippen molar-refractivity contribution >= 4 is 33.2 Å². The highest BCUT2D eigenvalue weighted by atomic mass is 32.2. The zero-order valence-corrected chi connectivity index (χ0v) is 17.5. The minimum Gasteiger partial charge on any atom is -0.324 e. The van der Waals surface area contributed by atoms with Gasteiger partial charge in [-0.25, -0.2) is 12.7 Å². The summed E-state index contributed by atoms with van der Waals surface area (Å²) >= 11 is 0. The molecule has 1 atom stereocenters. The largest absolute Gasteiger partial charge is 0.324 e. The Morgan fingerprint density at radius 1 is 1.17 bits per heavy atom. The highest BCUT2D eigenvalue weighted by Gasteiger charge is 2.45. The lowest BCUT2D eigenvalue weighted by molar-refractivity contribution is -0.384. The second-order valence-electron chi connectivity index (χ2n) is 7.27. The molecule has 1 fully saturated rings. The van der Waals surface area contributed by atoms with Crippen molar-refractivity contribution in [2.24, 2.45) is 0 Å². The lowest BCUT2D eigenvalue weighted by atomic mass is 10.1. The second-order valence-corrected chi connectivity index (χ2v) is 9.03. The van der Waals surface area contributed by atoms with Gasteiger partial charge in [-0.15, -0.1) is 0 Å². The average molecular weight is 431 g/mol. The molecule has 0 spiro atoms. The number of nitro benzene ring substituents is 1. The maximum absolute atomic E-state index is 13.3. The van der Waals surface area contributed by atoms with Crippen molar-refractivity contribution in [2.75, 3.05) is 5.32 Å². The lowest BCUT2D eigenvalue weighted by Gasteiger charge is -2.25. The van der Waals surface area contributed by atoms with E-state index in [1.165, 1.54) is 24.3 Å². The molecule has 158 valence electrons. The molecule has 10 heteroatoms. The van der Waals surface area contributed by atoms with Crippen molar-refractivity contribution in [3.05, 3.63) is 63.2 Å². The number of carbonyl (C=O) groups excluding carboxylic acids is 2. The first-order valence-corrected chi connectivity index (χ1v) is 10.7. The molecule has 1 aliphatic rings. The number of hydrogen-bond donors (Lipinski definition) is 1. The summed E-state index contributed by atoms with van der Waals surface area (Å²) in [5.74, 6) is -1.37. The molecule has 2 aromatic rings. The van der Waals surface area contributed by atoms with Gasteiger partial charge in [0.15, 0.2) is 0 Å². The van der Waals surface area contributed by atoms with Crippen LogP contribution in [-0.2, 0) is 19.6 Å². The number of nitro groups is 1. The van der Waals surface area contributed by atoms with Gasteiger partial charge < -0.3 is 5.32 Å². The van der Waals surface area contributed by atoms with E-state index in [2.05, 4.69) is 5.32 Å².